The Labute approximate surface area is 106 Å². The lowest BCUT2D eigenvalue weighted by molar-refractivity contribution is -0.138. The maximum absolute atomic E-state index is 11.4. The molecule has 5 heteroatoms. The van der Waals surface area contributed by atoms with Gasteiger partial charge in [-0.25, -0.2) is 14.8 Å². The van der Waals surface area contributed by atoms with E-state index in [0.29, 0.717) is 17.9 Å². The number of nitrogens with zero attached hydrogens (tertiary/aromatic N) is 3. The second kappa shape index (κ2) is 4.55. The normalized spacial score (nSPS) is 31.1. The minimum absolute atomic E-state index is 0.308. The highest BCUT2D eigenvalue weighted by atomic mass is 16.4. The first-order valence-electron chi connectivity index (χ1n) is 6.55. The Kier molecular flexibility index (Phi) is 2.89. The molecule has 1 N–H and O–H groups in total. The molecule has 1 saturated carbocycles. The van der Waals surface area contributed by atoms with Crippen molar-refractivity contribution in [3.8, 4) is 0 Å². The van der Waals surface area contributed by atoms with Crippen LogP contribution < -0.4 is 4.90 Å². The molecule has 0 bridgehead atoms. The van der Waals surface area contributed by atoms with Crippen LogP contribution in [0.4, 0.5) is 5.95 Å². The van der Waals surface area contributed by atoms with E-state index in [9.17, 15) is 9.90 Å². The summed E-state index contributed by atoms with van der Waals surface area (Å²) < 4.78 is 0. The van der Waals surface area contributed by atoms with Crippen LogP contribution in [0.2, 0.25) is 0 Å². The summed E-state index contributed by atoms with van der Waals surface area (Å²) in [5.41, 5.74) is 0. The highest BCUT2D eigenvalue weighted by Crippen LogP contribution is 2.41. The van der Waals surface area contributed by atoms with Crippen LogP contribution in [0.1, 0.15) is 32.1 Å². The van der Waals surface area contributed by atoms with E-state index in [1.807, 2.05) is 4.90 Å². The van der Waals surface area contributed by atoms with Crippen LogP contribution in [0.15, 0.2) is 18.5 Å². The first-order valence-corrected chi connectivity index (χ1v) is 6.55. The number of aliphatic carboxylic acids is 1. The smallest absolute Gasteiger partial charge is 0.326 e. The van der Waals surface area contributed by atoms with Crippen molar-refractivity contribution in [3.05, 3.63) is 18.5 Å². The van der Waals surface area contributed by atoms with Gasteiger partial charge in [-0.3, -0.25) is 0 Å². The topological polar surface area (TPSA) is 66.3 Å². The lowest BCUT2D eigenvalue weighted by atomic mass is 9.85. The van der Waals surface area contributed by atoms with Crippen LogP contribution in [0.25, 0.3) is 0 Å². The second-order valence-corrected chi connectivity index (χ2v) is 5.16. The molecule has 1 aromatic heterocycles. The van der Waals surface area contributed by atoms with Crippen molar-refractivity contribution < 1.29 is 9.90 Å². The molecule has 2 aliphatic rings. The van der Waals surface area contributed by atoms with Gasteiger partial charge in [0.2, 0.25) is 5.95 Å². The SMILES string of the molecule is O=C(O)[C@H]1C[C@H]2CCCC[C@@H]2N1c1ncccn1. The molecule has 1 aromatic rings. The number of carboxylic acid groups (broad SMARTS) is 1. The van der Waals surface area contributed by atoms with E-state index in [4.69, 9.17) is 0 Å². The lowest BCUT2D eigenvalue weighted by Gasteiger charge is -2.32. The van der Waals surface area contributed by atoms with Gasteiger partial charge in [0.15, 0.2) is 0 Å². The quantitative estimate of drug-likeness (QED) is 0.861. The molecule has 0 radical (unpaired) electrons. The number of aromatic nitrogens is 2. The molecule has 18 heavy (non-hydrogen) atoms. The Morgan fingerprint density at radius 1 is 1.28 bits per heavy atom. The Morgan fingerprint density at radius 2 is 2.00 bits per heavy atom. The third-order valence-electron chi connectivity index (χ3n) is 4.16. The Balaban J connectivity index is 1.94. The van der Waals surface area contributed by atoms with Gasteiger partial charge in [-0.05, 0) is 31.2 Å². The molecular weight excluding hydrogens is 230 g/mol. The highest BCUT2D eigenvalue weighted by molar-refractivity contribution is 5.78. The lowest BCUT2D eigenvalue weighted by Crippen LogP contribution is -2.43. The number of rotatable bonds is 2. The number of anilines is 1. The van der Waals surface area contributed by atoms with Gasteiger partial charge in [-0.15, -0.1) is 0 Å². The molecule has 2 fully saturated rings. The van der Waals surface area contributed by atoms with Crippen molar-refractivity contribution in [2.45, 2.75) is 44.2 Å². The van der Waals surface area contributed by atoms with Gasteiger partial charge in [0.25, 0.3) is 0 Å². The number of carbonyl (C=O) groups is 1. The zero-order chi connectivity index (χ0) is 12.5. The van der Waals surface area contributed by atoms with Crippen molar-refractivity contribution >= 4 is 11.9 Å². The van der Waals surface area contributed by atoms with Crippen molar-refractivity contribution in [1.29, 1.82) is 0 Å². The van der Waals surface area contributed by atoms with Gasteiger partial charge in [0.05, 0.1) is 0 Å². The summed E-state index contributed by atoms with van der Waals surface area (Å²) >= 11 is 0. The molecular formula is C13H17N3O2. The minimum Gasteiger partial charge on any atom is -0.480 e. The predicted octanol–water partition coefficient (Wildman–Crippen LogP) is 1.70. The number of hydrogen-bond donors (Lipinski definition) is 1. The summed E-state index contributed by atoms with van der Waals surface area (Å²) in [6.07, 6.45) is 8.69. The molecule has 3 rings (SSSR count). The molecule has 0 unspecified atom stereocenters. The fraction of sp³-hybridized carbons (Fsp3) is 0.615. The summed E-state index contributed by atoms with van der Waals surface area (Å²) in [4.78, 5) is 21.8. The van der Waals surface area contributed by atoms with E-state index in [0.717, 1.165) is 19.3 Å². The largest absolute Gasteiger partial charge is 0.480 e. The van der Waals surface area contributed by atoms with E-state index in [-0.39, 0.29) is 0 Å². The van der Waals surface area contributed by atoms with Gasteiger partial charge in [0.1, 0.15) is 6.04 Å². The third kappa shape index (κ3) is 1.83. The molecule has 96 valence electrons. The fourth-order valence-electron chi connectivity index (χ4n) is 3.39. The Hall–Kier alpha value is -1.65. The first kappa shape index (κ1) is 11.4. The molecule has 3 atom stereocenters. The number of fused-ring (bicyclic) bond motifs is 1. The van der Waals surface area contributed by atoms with Crippen LogP contribution in [-0.2, 0) is 4.79 Å². The molecule has 5 nitrogen and oxygen atoms in total. The maximum atomic E-state index is 11.4. The van der Waals surface area contributed by atoms with Gasteiger partial charge in [-0.1, -0.05) is 12.8 Å². The van der Waals surface area contributed by atoms with Gasteiger partial charge < -0.3 is 10.0 Å². The van der Waals surface area contributed by atoms with E-state index in [1.165, 1.54) is 12.8 Å². The fourth-order valence-corrected chi connectivity index (χ4v) is 3.39. The number of carboxylic acids is 1. The molecule has 0 aromatic carbocycles. The average Bonchev–Trinajstić information content (AvgIpc) is 2.79. The summed E-state index contributed by atoms with van der Waals surface area (Å²) in [5, 5.41) is 9.39. The zero-order valence-electron chi connectivity index (χ0n) is 10.2. The maximum Gasteiger partial charge on any atom is 0.326 e. The highest BCUT2D eigenvalue weighted by Gasteiger charge is 2.46. The molecule has 1 saturated heterocycles. The zero-order valence-corrected chi connectivity index (χ0v) is 10.2. The van der Waals surface area contributed by atoms with Crippen molar-refractivity contribution in [3.63, 3.8) is 0 Å². The second-order valence-electron chi connectivity index (χ2n) is 5.16. The Bertz CT molecular complexity index is 437. The van der Waals surface area contributed by atoms with Crippen LogP contribution >= 0.6 is 0 Å². The van der Waals surface area contributed by atoms with Gasteiger partial charge in [-0.2, -0.15) is 0 Å². The summed E-state index contributed by atoms with van der Waals surface area (Å²) in [6, 6.07) is 1.61. The number of hydrogen-bond acceptors (Lipinski definition) is 4. The molecule has 0 spiro atoms. The van der Waals surface area contributed by atoms with Crippen molar-refractivity contribution in [1.82, 2.24) is 9.97 Å². The molecule has 2 heterocycles. The predicted molar refractivity (Wildman–Crippen MR) is 66.3 cm³/mol. The Morgan fingerprint density at radius 3 is 2.72 bits per heavy atom. The summed E-state index contributed by atoms with van der Waals surface area (Å²) in [5.74, 6) is 0.305. The van der Waals surface area contributed by atoms with Gasteiger partial charge in [0, 0.05) is 18.4 Å². The van der Waals surface area contributed by atoms with Crippen LogP contribution in [-0.4, -0.2) is 33.1 Å². The van der Waals surface area contributed by atoms with Crippen LogP contribution in [0.3, 0.4) is 0 Å². The third-order valence-corrected chi connectivity index (χ3v) is 4.16. The van der Waals surface area contributed by atoms with Crippen molar-refractivity contribution in [2.75, 3.05) is 4.90 Å². The van der Waals surface area contributed by atoms with Crippen molar-refractivity contribution in [2.24, 2.45) is 5.92 Å². The minimum atomic E-state index is -0.753. The molecule has 1 aliphatic heterocycles. The standard InChI is InChI=1S/C13H17N3O2/c17-12(18)11-8-9-4-1-2-5-10(9)16(11)13-14-6-3-7-15-13/h3,6-7,9-11H,1-2,4-5,8H2,(H,17,18)/t9-,10+,11-/m1/s1. The molecule has 1 aliphatic carbocycles. The van der Waals surface area contributed by atoms with Crippen LogP contribution in [0.5, 0.6) is 0 Å². The van der Waals surface area contributed by atoms with E-state index >= 15 is 0 Å². The first-order chi connectivity index (χ1) is 8.77. The molecule has 0 amide bonds. The van der Waals surface area contributed by atoms with Gasteiger partial charge >= 0.3 is 5.97 Å². The van der Waals surface area contributed by atoms with E-state index < -0.39 is 12.0 Å². The van der Waals surface area contributed by atoms with E-state index in [1.54, 1.807) is 18.5 Å². The average molecular weight is 247 g/mol. The summed E-state index contributed by atoms with van der Waals surface area (Å²) in [7, 11) is 0. The van der Waals surface area contributed by atoms with E-state index in [2.05, 4.69) is 9.97 Å². The summed E-state index contributed by atoms with van der Waals surface area (Å²) in [6.45, 7) is 0. The monoisotopic (exact) mass is 247 g/mol. The van der Waals surface area contributed by atoms with Crippen LogP contribution in [0, 0.1) is 5.92 Å².